The Labute approximate surface area is 198 Å². The first-order valence-electron chi connectivity index (χ1n) is 11.0. The van der Waals surface area contributed by atoms with Crippen LogP contribution in [0.5, 0.6) is 0 Å². The normalized spacial score (nSPS) is 12.6. The molecular formula is C23H28N8O3. The maximum absolute atomic E-state index is 13.5. The fourth-order valence-electron chi connectivity index (χ4n) is 3.90. The van der Waals surface area contributed by atoms with Gasteiger partial charge in [-0.1, -0.05) is 13.0 Å². The molecule has 0 saturated carbocycles. The average molecular weight is 465 g/mol. The molecule has 34 heavy (non-hydrogen) atoms. The molecule has 0 spiro atoms. The number of nitrogens with zero attached hydrogens (tertiary/aromatic N) is 8. The molecule has 0 bridgehead atoms. The number of aryl methyl sites for hydroxylation is 1. The van der Waals surface area contributed by atoms with Crippen LogP contribution in [0.1, 0.15) is 35.0 Å². The summed E-state index contributed by atoms with van der Waals surface area (Å²) in [6.07, 6.45) is 2.15. The minimum atomic E-state index is -0.474. The van der Waals surface area contributed by atoms with Crippen LogP contribution < -0.4 is 9.80 Å². The van der Waals surface area contributed by atoms with E-state index < -0.39 is 6.09 Å². The summed E-state index contributed by atoms with van der Waals surface area (Å²) < 4.78 is 6.76. The first-order valence-corrected chi connectivity index (χ1v) is 11.0. The van der Waals surface area contributed by atoms with Crippen LogP contribution in [0.3, 0.4) is 0 Å². The van der Waals surface area contributed by atoms with Crippen LogP contribution in [-0.2, 0) is 24.4 Å². The van der Waals surface area contributed by atoms with E-state index in [4.69, 9.17) is 14.7 Å². The number of rotatable bonds is 7. The number of fused-ring (bicyclic) bond motifs is 1. The highest BCUT2D eigenvalue weighted by atomic mass is 16.5. The molecule has 0 fully saturated rings. The largest absolute Gasteiger partial charge is 0.453 e. The summed E-state index contributed by atoms with van der Waals surface area (Å²) in [5.74, 6) is 1.65. The van der Waals surface area contributed by atoms with E-state index in [1.54, 1.807) is 30.4 Å². The highest BCUT2D eigenvalue weighted by molar-refractivity contribution is 6.10. The third-order valence-corrected chi connectivity index (χ3v) is 5.64. The number of hydrogen-bond donors (Lipinski definition) is 0. The number of methoxy groups -OCH3 is 1. The number of hydrogen-bond acceptors (Lipinski definition) is 8. The van der Waals surface area contributed by atoms with Gasteiger partial charge in [0, 0.05) is 33.3 Å². The van der Waals surface area contributed by atoms with Crippen molar-refractivity contribution in [3.8, 4) is 11.5 Å². The van der Waals surface area contributed by atoms with E-state index in [0.717, 1.165) is 18.5 Å². The Balaban J connectivity index is 1.70. The zero-order valence-electron chi connectivity index (χ0n) is 20.0. The summed E-state index contributed by atoms with van der Waals surface area (Å²) >= 11 is 0. The molecule has 3 aromatic heterocycles. The van der Waals surface area contributed by atoms with Gasteiger partial charge in [-0.05, 0) is 24.6 Å². The monoisotopic (exact) mass is 464 g/mol. The van der Waals surface area contributed by atoms with Gasteiger partial charge in [-0.15, -0.1) is 10.2 Å². The van der Waals surface area contributed by atoms with Crippen LogP contribution in [0.25, 0.3) is 11.5 Å². The average Bonchev–Trinajstić information content (AvgIpc) is 3.43. The Kier molecular flexibility index (Phi) is 6.44. The highest BCUT2D eigenvalue weighted by Gasteiger charge is 2.33. The molecule has 4 rings (SSSR count). The van der Waals surface area contributed by atoms with Crippen molar-refractivity contribution in [2.75, 3.05) is 38.1 Å². The van der Waals surface area contributed by atoms with Gasteiger partial charge in [0.2, 0.25) is 0 Å². The topological polar surface area (TPSA) is 110 Å². The van der Waals surface area contributed by atoms with Gasteiger partial charge in [-0.3, -0.25) is 9.69 Å². The number of ether oxygens (including phenoxy) is 1. The summed E-state index contributed by atoms with van der Waals surface area (Å²) in [5, 5.41) is 8.23. The van der Waals surface area contributed by atoms with Crippen LogP contribution in [-0.4, -0.2) is 69.9 Å². The van der Waals surface area contributed by atoms with Crippen LogP contribution in [0.4, 0.5) is 16.4 Å². The van der Waals surface area contributed by atoms with Gasteiger partial charge in [-0.25, -0.2) is 14.8 Å². The fourth-order valence-corrected chi connectivity index (χ4v) is 3.90. The van der Waals surface area contributed by atoms with Crippen molar-refractivity contribution in [2.45, 2.75) is 33.0 Å². The van der Waals surface area contributed by atoms with Gasteiger partial charge in [0.05, 0.1) is 31.5 Å². The summed E-state index contributed by atoms with van der Waals surface area (Å²) in [6, 6.07) is 7.29. The van der Waals surface area contributed by atoms with Crippen LogP contribution in [0, 0.1) is 0 Å². The molecule has 2 amide bonds. The molecule has 3 aromatic rings. The Morgan fingerprint density at radius 3 is 2.71 bits per heavy atom. The van der Waals surface area contributed by atoms with E-state index in [-0.39, 0.29) is 12.5 Å². The standard InChI is InChI=1S/C23H28N8O3/c1-6-10-30-14-24-27-21(30)17-8-7-9-19(25-17)31-12-16-15(22(31)32)11-20(28(2)3)26-18(16)13-29(4)23(33)34-5/h7-9,11,14H,6,10,12-13H2,1-5H3. The van der Waals surface area contributed by atoms with E-state index in [0.29, 0.717) is 41.0 Å². The molecule has 0 aromatic carbocycles. The quantitative estimate of drug-likeness (QED) is 0.525. The SMILES string of the molecule is CCCn1cnnc1-c1cccc(N2Cc3c(cc(N(C)C)nc3CN(C)C(=O)OC)C2=O)n1. The fraction of sp³-hybridized carbons (Fsp3) is 0.391. The number of aromatic nitrogens is 5. The molecule has 0 atom stereocenters. The smallest absolute Gasteiger partial charge is 0.409 e. The summed E-state index contributed by atoms with van der Waals surface area (Å²) in [7, 11) is 6.68. The van der Waals surface area contributed by atoms with Crippen molar-refractivity contribution in [1.82, 2.24) is 29.6 Å². The van der Waals surface area contributed by atoms with Gasteiger partial charge in [-0.2, -0.15) is 0 Å². The van der Waals surface area contributed by atoms with Crippen molar-refractivity contribution in [3.63, 3.8) is 0 Å². The lowest BCUT2D eigenvalue weighted by Gasteiger charge is -2.19. The summed E-state index contributed by atoms with van der Waals surface area (Å²) in [4.78, 5) is 39.8. The number of carbonyl (C=O) groups excluding carboxylic acids is 2. The first-order chi connectivity index (χ1) is 16.3. The molecule has 0 unspecified atom stereocenters. The number of amides is 2. The molecule has 0 N–H and O–H groups in total. The van der Waals surface area contributed by atoms with Crippen LogP contribution in [0.2, 0.25) is 0 Å². The molecule has 1 aliphatic rings. The Morgan fingerprint density at radius 1 is 1.21 bits per heavy atom. The van der Waals surface area contributed by atoms with Gasteiger partial charge in [0.25, 0.3) is 5.91 Å². The first kappa shape index (κ1) is 23.1. The second-order valence-electron chi connectivity index (χ2n) is 8.29. The Morgan fingerprint density at radius 2 is 2.00 bits per heavy atom. The Bertz CT molecular complexity index is 1220. The molecule has 0 radical (unpaired) electrons. The minimum Gasteiger partial charge on any atom is -0.453 e. The molecule has 1 aliphatic heterocycles. The van der Waals surface area contributed by atoms with Crippen LogP contribution >= 0.6 is 0 Å². The van der Waals surface area contributed by atoms with Crippen molar-refractivity contribution < 1.29 is 14.3 Å². The maximum atomic E-state index is 13.5. The predicted octanol–water partition coefficient (Wildman–Crippen LogP) is 2.57. The Hall–Kier alpha value is -4.02. The summed E-state index contributed by atoms with van der Waals surface area (Å²) in [6.45, 7) is 3.38. The lowest BCUT2D eigenvalue weighted by atomic mass is 10.1. The molecule has 4 heterocycles. The van der Waals surface area contributed by atoms with E-state index in [9.17, 15) is 9.59 Å². The summed E-state index contributed by atoms with van der Waals surface area (Å²) in [5.41, 5.74) is 2.61. The van der Waals surface area contributed by atoms with E-state index in [2.05, 4.69) is 17.1 Å². The predicted molar refractivity (Wildman–Crippen MR) is 126 cm³/mol. The van der Waals surface area contributed by atoms with Crippen molar-refractivity contribution in [3.05, 3.63) is 47.4 Å². The van der Waals surface area contributed by atoms with Gasteiger partial charge in [0.1, 0.15) is 23.7 Å². The second-order valence-corrected chi connectivity index (χ2v) is 8.29. The van der Waals surface area contributed by atoms with Crippen molar-refractivity contribution in [1.29, 1.82) is 0 Å². The maximum Gasteiger partial charge on any atom is 0.409 e. The third kappa shape index (κ3) is 4.28. The zero-order valence-corrected chi connectivity index (χ0v) is 20.0. The lowest BCUT2D eigenvalue weighted by molar-refractivity contribution is 0.0996. The van der Waals surface area contributed by atoms with Gasteiger partial charge >= 0.3 is 6.09 Å². The van der Waals surface area contributed by atoms with Crippen molar-refractivity contribution in [2.24, 2.45) is 0 Å². The third-order valence-electron chi connectivity index (χ3n) is 5.64. The molecule has 11 heteroatoms. The van der Waals surface area contributed by atoms with Gasteiger partial charge in [0.15, 0.2) is 5.82 Å². The minimum absolute atomic E-state index is 0.165. The number of anilines is 2. The molecule has 178 valence electrons. The highest BCUT2D eigenvalue weighted by Crippen LogP contribution is 2.32. The van der Waals surface area contributed by atoms with Gasteiger partial charge < -0.3 is 19.1 Å². The van der Waals surface area contributed by atoms with Crippen molar-refractivity contribution >= 4 is 23.6 Å². The lowest BCUT2D eigenvalue weighted by Crippen LogP contribution is -2.27. The molecule has 0 saturated heterocycles. The van der Waals surface area contributed by atoms with E-state index >= 15 is 0 Å². The molecular weight excluding hydrogens is 436 g/mol. The molecule has 11 nitrogen and oxygen atoms in total. The van der Waals surface area contributed by atoms with Crippen LogP contribution in [0.15, 0.2) is 30.6 Å². The van der Waals surface area contributed by atoms with E-state index in [1.165, 1.54) is 12.0 Å². The number of carbonyl (C=O) groups is 2. The second kappa shape index (κ2) is 9.46. The van der Waals surface area contributed by atoms with E-state index in [1.807, 2.05) is 35.7 Å². The number of pyridine rings is 2. The zero-order chi connectivity index (χ0) is 24.4. The molecule has 0 aliphatic carbocycles.